The van der Waals surface area contributed by atoms with Crippen LogP contribution in [0.1, 0.15) is 42.1 Å². The van der Waals surface area contributed by atoms with Gasteiger partial charge in [0.05, 0.1) is 18.2 Å². The van der Waals surface area contributed by atoms with Crippen molar-refractivity contribution in [3.8, 4) is 11.5 Å². The van der Waals surface area contributed by atoms with E-state index in [9.17, 15) is 9.90 Å². The van der Waals surface area contributed by atoms with E-state index in [0.717, 1.165) is 28.1 Å². The zero-order valence-electron chi connectivity index (χ0n) is 19.5. The van der Waals surface area contributed by atoms with Gasteiger partial charge in [-0.15, -0.1) is 11.3 Å². The third-order valence-electron chi connectivity index (χ3n) is 5.98. The molecular weight excluding hydrogens is 444 g/mol. The van der Waals surface area contributed by atoms with Crippen LogP contribution in [0, 0.1) is 5.41 Å². The number of rotatable bonds is 8. The molecule has 0 saturated heterocycles. The first kappa shape index (κ1) is 23.5. The summed E-state index contributed by atoms with van der Waals surface area (Å²) < 4.78 is 5.21. The topological polar surface area (TPSA) is 71.5 Å². The number of phenols is 1. The van der Waals surface area contributed by atoms with Gasteiger partial charge in [-0.1, -0.05) is 68.4 Å². The molecule has 6 heteroatoms. The van der Waals surface area contributed by atoms with Gasteiger partial charge in [-0.25, -0.2) is 4.98 Å². The Bertz CT molecular complexity index is 1230. The predicted octanol–water partition coefficient (Wildman–Crippen LogP) is 6.24. The molecule has 0 aliphatic carbocycles. The molecule has 0 spiro atoms. The second kappa shape index (κ2) is 10.1. The van der Waals surface area contributed by atoms with Crippen molar-refractivity contribution in [2.45, 2.75) is 26.2 Å². The third kappa shape index (κ3) is 5.29. The highest BCUT2D eigenvalue weighted by atomic mass is 32.1. The number of hydrogen-bond acceptors (Lipinski definition) is 5. The van der Waals surface area contributed by atoms with Gasteiger partial charge >= 0.3 is 0 Å². The van der Waals surface area contributed by atoms with Gasteiger partial charge in [-0.05, 0) is 41.0 Å². The van der Waals surface area contributed by atoms with E-state index in [1.165, 1.54) is 11.3 Å². The minimum Gasteiger partial charge on any atom is -0.508 e. The maximum absolute atomic E-state index is 13.5. The molecular formula is C28H28N2O3S. The summed E-state index contributed by atoms with van der Waals surface area (Å²) in [5.41, 5.74) is 3.25. The number of nitrogens with one attached hydrogen (secondary N) is 1. The van der Waals surface area contributed by atoms with Crippen LogP contribution in [-0.2, 0) is 11.2 Å². The molecule has 0 fully saturated rings. The Kier molecular flexibility index (Phi) is 6.98. The highest BCUT2D eigenvalue weighted by Gasteiger charge is 2.39. The van der Waals surface area contributed by atoms with Crippen LogP contribution < -0.4 is 10.1 Å². The highest BCUT2D eigenvalue weighted by molar-refractivity contribution is 7.13. The molecule has 2 N–H and O–H groups in total. The smallest absolute Gasteiger partial charge is 0.232 e. The van der Waals surface area contributed by atoms with Gasteiger partial charge in [0.25, 0.3) is 0 Å². The highest BCUT2D eigenvalue weighted by Crippen LogP contribution is 2.42. The van der Waals surface area contributed by atoms with Crippen molar-refractivity contribution < 1.29 is 14.6 Å². The number of benzene rings is 3. The normalized spacial score (nSPS) is 12.2. The van der Waals surface area contributed by atoms with Crippen molar-refractivity contribution in [2.24, 2.45) is 5.41 Å². The molecule has 174 valence electrons. The number of carbonyl (C=O) groups excluding carboxylic acids is 1. The largest absolute Gasteiger partial charge is 0.508 e. The minimum absolute atomic E-state index is 0.111. The van der Waals surface area contributed by atoms with E-state index in [1.54, 1.807) is 19.2 Å². The minimum atomic E-state index is -0.778. The molecule has 0 aliphatic heterocycles. The number of phenolic OH excluding ortho intramolecular Hbond substituents is 1. The Morgan fingerprint density at radius 3 is 2.29 bits per heavy atom. The van der Waals surface area contributed by atoms with Gasteiger partial charge in [0.15, 0.2) is 5.13 Å². The molecule has 5 nitrogen and oxygen atoms in total. The van der Waals surface area contributed by atoms with Crippen molar-refractivity contribution in [1.29, 1.82) is 0 Å². The number of thiazole rings is 1. The Labute approximate surface area is 204 Å². The summed E-state index contributed by atoms with van der Waals surface area (Å²) in [6, 6.07) is 24.9. The van der Waals surface area contributed by atoms with Crippen LogP contribution in [0.5, 0.6) is 11.5 Å². The quantitative estimate of drug-likeness (QED) is 0.318. The van der Waals surface area contributed by atoms with Crippen molar-refractivity contribution in [1.82, 2.24) is 4.98 Å². The lowest BCUT2D eigenvalue weighted by molar-refractivity contribution is -0.124. The van der Waals surface area contributed by atoms with Gasteiger partial charge in [0.1, 0.15) is 11.5 Å². The SMILES string of the molecule is COc1ccc(Cc2csc(NC(=O)C(C)(C)C(c3ccccc3)c3ccc(O)cc3)n2)cc1. The fourth-order valence-corrected chi connectivity index (χ4v) is 4.83. The molecule has 4 aromatic rings. The number of amides is 1. The van der Waals surface area contributed by atoms with Crippen LogP contribution in [0.25, 0.3) is 0 Å². The van der Waals surface area contributed by atoms with Crippen LogP contribution in [0.3, 0.4) is 0 Å². The second-order valence-electron chi connectivity index (χ2n) is 8.78. The number of aromatic hydroxyl groups is 1. The van der Waals surface area contributed by atoms with Crippen LogP contribution in [0.4, 0.5) is 5.13 Å². The summed E-state index contributed by atoms with van der Waals surface area (Å²) in [5.74, 6) is 0.705. The fraction of sp³-hybridized carbons (Fsp3) is 0.214. The molecule has 3 aromatic carbocycles. The van der Waals surface area contributed by atoms with E-state index in [4.69, 9.17) is 4.74 Å². The average Bonchev–Trinajstić information content (AvgIpc) is 3.28. The maximum Gasteiger partial charge on any atom is 0.232 e. The molecule has 1 aromatic heterocycles. The van der Waals surface area contributed by atoms with Crippen LogP contribution in [0.15, 0.2) is 84.2 Å². The Morgan fingerprint density at radius 2 is 1.65 bits per heavy atom. The first-order valence-electron chi connectivity index (χ1n) is 11.1. The van der Waals surface area contributed by atoms with Crippen molar-refractivity contribution in [2.75, 3.05) is 12.4 Å². The molecule has 0 aliphatic rings. The van der Waals surface area contributed by atoms with E-state index in [1.807, 2.05) is 86.0 Å². The summed E-state index contributed by atoms with van der Waals surface area (Å²) in [6.07, 6.45) is 0.680. The lowest BCUT2D eigenvalue weighted by Crippen LogP contribution is -2.37. The summed E-state index contributed by atoms with van der Waals surface area (Å²) >= 11 is 1.43. The summed E-state index contributed by atoms with van der Waals surface area (Å²) in [5, 5.41) is 15.4. The summed E-state index contributed by atoms with van der Waals surface area (Å²) in [4.78, 5) is 18.2. The van der Waals surface area contributed by atoms with Crippen LogP contribution in [0.2, 0.25) is 0 Å². The Morgan fingerprint density at radius 1 is 1.00 bits per heavy atom. The van der Waals surface area contributed by atoms with Crippen molar-refractivity contribution in [3.63, 3.8) is 0 Å². The molecule has 4 rings (SSSR count). The van der Waals surface area contributed by atoms with E-state index in [2.05, 4.69) is 10.3 Å². The third-order valence-corrected chi connectivity index (χ3v) is 6.79. The average molecular weight is 473 g/mol. The van der Waals surface area contributed by atoms with Gasteiger partial charge in [0, 0.05) is 17.7 Å². The summed E-state index contributed by atoms with van der Waals surface area (Å²) in [6.45, 7) is 3.89. The van der Waals surface area contributed by atoms with Gasteiger partial charge in [-0.3, -0.25) is 4.79 Å². The molecule has 34 heavy (non-hydrogen) atoms. The Hall–Kier alpha value is -3.64. The number of ether oxygens (including phenoxy) is 1. The molecule has 1 amide bonds. The van der Waals surface area contributed by atoms with E-state index >= 15 is 0 Å². The second-order valence-corrected chi connectivity index (χ2v) is 9.64. The number of aromatic nitrogens is 1. The number of nitrogens with zero attached hydrogens (tertiary/aromatic N) is 1. The van der Waals surface area contributed by atoms with E-state index in [0.29, 0.717) is 11.6 Å². The van der Waals surface area contributed by atoms with Gasteiger partial charge in [0.2, 0.25) is 5.91 Å². The number of hydrogen-bond donors (Lipinski definition) is 2. The van der Waals surface area contributed by atoms with Crippen LogP contribution in [-0.4, -0.2) is 23.1 Å². The number of methoxy groups -OCH3 is 1. The summed E-state index contributed by atoms with van der Waals surface area (Å²) in [7, 11) is 1.65. The number of anilines is 1. The van der Waals surface area contributed by atoms with Crippen molar-refractivity contribution in [3.05, 3.63) is 107 Å². The first-order valence-corrected chi connectivity index (χ1v) is 12.0. The maximum atomic E-state index is 13.5. The lowest BCUT2D eigenvalue weighted by Gasteiger charge is -2.33. The predicted molar refractivity (Wildman–Crippen MR) is 137 cm³/mol. The first-order chi connectivity index (χ1) is 16.4. The zero-order chi connectivity index (χ0) is 24.1. The van der Waals surface area contributed by atoms with E-state index < -0.39 is 5.41 Å². The standard InChI is InChI=1S/C28H28N2O3S/c1-28(2,25(20-7-5-4-6-8-20)21-11-13-23(31)14-12-21)26(32)30-27-29-22(18-34-27)17-19-9-15-24(33-3)16-10-19/h4-16,18,25,31H,17H2,1-3H3,(H,29,30,32). The van der Waals surface area contributed by atoms with Gasteiger partial charge in [-0.2, -0.15) is 0 Å². The van der Waals surface area contributed by atoms with Gasteiger partial charge < -0.3 is 15.2 Å². The molecule has 0 radical (unpaired) electrons. The molecule has 1 heterocycles. The molecule has 1 atom stereocenters. The fourth-order valence-electron chi connectivity index (χ4n) is 4.13. The molecule has 0 saturated carbocycles. The van der Waals surface area contributed by atoms with Crippen LogP contribution >= 0.6 is 11.3 Å². The molecule has 0 bridgehead atoms. The van der Waals surface area contributed by atoms with E-state index in [-0.39, 0.29) is 17.6 Å². The zero-order valence-corrected chi connectivity index (χ0v) is 20.3. The lowest BCUT2D eigenvalue weighted by atomic mass is 9.70. The monoisotopic (exact) mass is 472 g/mol. The van der Waals surface area contributed by atoms with Crippen molar-refractivity contribution >= 4 is 22.4 Å². The Balaban J connectivity index is 1.54. The molecule has 1 unspecified atom stereocenters. The number of carbonyl (C=O) groups is 1.